The number of allylic oxidation sites excluding steroid dienone is 3. The zero-order valence-corrected chi connectivity index (χ0v) is 12.7. The normalized spacial score (nSPS) is 18.2. The Hall–Kier alpha value is -2.62. The number of ether oxygens (including phenoxy) is 3. The fraction of sp³-hybridized carbons (Fsp3) is 0.467. The van der Waals surface area contributed by atoms with Gasteiger partial charge in [-0.3, -0.25) is 14.4 Å². The Kier molecular flexibility index (Phi) is 5.46. The summed E-state index contributed by atoms with van der Waals surface area (Å²) in [7, 11) is 2.36. The Labute approximate surface area is 128 Å². The highest BCUT2D eigenvalue weighted by Crippen LogP contribution is 2.47. The zero-order chi connectivity index (χ0) is 16.9. The Morgan fingerprint density at radius 1 is 1.23 bits per heavy atom. The van der Waals surface area contributed by atoms with Gasteiger partial charge in [-0.05, 0) is 24.5 Å². The fourth-order valence-corrected chi connectivity index (χ4v) is 2.43. The second kappa shape index (κ2) is 6.89. The van der Waals surface area contributed by atoms with Gasteiger partial charge in [-0.25, -0.2) is 0 Å². The number of nitriles is 1. The molecule has 0 spiro atoms. The van der Waals surface area contributed by atoms with Crippen LogP contribution in [0.4, 0.5) is 0 Å². The van der Waals surface area contributed by atoms with E-state index in [2.05, 4.69) is 6.58 Å². The average molecular weight is 307 g/mol. The van der Waals surface area contributed by atoms with Crippen LogP contribution in [-0.4, -0.2) is 32.1 Å². The van der Waals surface area contributed by atoms with Crippen molar-refractivity contribution in [2.45, 2.75) is 26.2 Å². The summed E-state index contributed by atoms with van der Waals surface area (Å²) in [5.41, 5.74) is -0.557. The van der Waals surface area contributed by atoms with Gasteiger partial charge in [0.15, 0.2) is 5.41 Å². The molecule has 22 heavy (non-hydrogen) atoms. The van der Waals surface area contributed by atoms with Crippen molar-refractivity contribution in [3.8, 4) is 6.07 Å². The second-order valence-corrected chi connectivity index (χ2v) is 4.87. The molecule has 0 N–H and O–H groups in total. The maximum atomic E-state index is 12.0. The van der Waals surface area contributed by atoms with Gasteiger partial charge in [0.2, 0.25) is 0 Å². The van der Waals surface area contributed by atoms with E-state index in [0.29, 0.717) is 11.1 Å². The molecule has 0 saturated heterocycles. The molecular weight excluding hydrogens is 290 g/mol. The van der Waals surface area contributed by atoms with Crippen molar-refractivity contribution in [1.29, 1.82) is 5.26 Å². The van der Waals surface area contributed by atoms with Crippen LogP contribution in [0.15, 0.2) is 23.5 Å². The molecule has 7 nitrogen and oxygen atoms in total. The minimum atomic E-state index is -1.52. The van der Waals surface area contributed by atoms with Crippen molar-refractivity contribution in [3.63, 3.8) is 0 Å². The molecule has 7 heteroatoms. The first-order valence-corrected chi connectivity index (χ1v) is 6.44. The number of methoxy groups -OCH3 is 2. The molecule has 0 heterocycles. The molecule has 0 aromatic heterocycles. The van der Waals surface area contributed by atoms with Gasteiger partial charge < -0.3 is 14.2 Å². The second-order valence-electron chi connectivity index (χ2n) is 4.87. The Morgan fingerprint density at radius 2 is 1.77 bits per heavy atom. The molecule has 118 valence electrons. The summed E-state index contributed by atoms with van der Waals surface area (Å²) < 4.78 is 14.4. The molecule has 0 aromatic carbocycles. The highest BCUT2D eigenvalue weighted by molar-refractivity contribution is 6.02. The highest BCUT2D eigenvalue weighted by Gasteiger charge is 2.54. The SMILES string of the molecule is C=C1CC(C(=O)OC)(C(=O)OC)C/C1=C(/C)OC(=O)CC#N. The van der Waals surface area contributed by atoms with Gasteiger partial charge in [-0.15, -0.1) is 0 Å². The Bertz CT molecular complexity index is 580. The minimum Gasteiger partial charge on any atom is -0.468 e. The van der Waals surface area contributed by atoms with Gasteiger partial charge in [-0.2, -0.15) is 5.26 Å². The van der Waals surface area contributed by atoms with Gasteiger partial charge in [0.25, 0.3) is 0 Å². The summed E-state index contributed by atoms with van der Waals surface area (Å²) in [6.45, 7) is 5.32. The summed E-state index contributed by atoms with van der Waals surface area (Å²) in [6, 6.07) is 1.68. The van der Waals surface area contributed by atoms with E-state index in [-0.39, 0.29) is 18.6 Å². The summed E-state index contributed by atoms with van der Waals surface area (Å²) in [5.74, 6) is -1.97. The van der Waals surface area contributed by atoms with Crippen molar-refractivity contribution in [3.05, 3.63) is 23.5 Å². The van der Waals surface area contributed by atoms with E-state index >= 15 is 0 Å². The van der Waals surface area contributed by atoms with E-state index in [4.69, 9.17) is 19.5 Å². The number of carbonyl (C=O) groups is 3. The summed E-state index contributed by atoms with van der Waals surface area (Å²) >= 11 is 0. The molecule has 0 atom stereocenters. The maximum Gasteiger partial charge on any atom is 0.325 e. The average Bonchev–Trinajstić information content (AvgIpc) is 2.84. The largest absolute Gasteiger partial charge is 0.468 e. The molecule has 1 rings (SSSR count). The Morgan fingerprint density at radius 3 is 2.23 bits per heavy atom. The lowest BCUT2D eigenvalue weighted by molar-refractivity contribution is -0.168. The van der Waals surface area contributed by atoms with Crippen LogP contribution < -0.4 is 0 Å². The number of nitrogens with zero attached hydrogens (tertiary/aromatic N) is 1. The molecule has 1 saturated carbocycles. The first-order valence-electron chi connectivity index (χ1n) is 6.44. The molecule has 1 aliphatic rings. The van der Waals surface area contributed by atoms with E-state index in [9.17, 15) is 14.4 Å². The van der Waals surface area contributed by atoms with Gasteiger partial charge in [0.1, 0.15) is 12.2 Å². The van der Waals surface area contributed by atoms with Gasteiger partial charge >= 0.3 is 17.9 Å². The monoisotopic (exact) mass is 307 g/mol. The third kappa shape index (κ3) is 3.17. The first-order chi connectivity index (χ1) is 10.3. The molecule has 0 aliphatic heterocycles. The minimum absolute atomic E-state index is 0.0226. The van der Waals surface area contributed by atoms with Crippen molar-refractivity contribution >= 4 is 17.9 Å². The fourth-order valence-electron chi connectivity index (χ4n) is 2.43. The van der Waals surface area contributed by atoms with E-state index in [1.165, 1.54) is 21.1 Å². The van der Waals surface area contributed by atoms with Gasteiger partial charge in [0, 0.05) is 6.42 Å². The molecule has 0 unspecified atom stereocenters. The van der Waals surface area contributed by atoms with Gasteiger partial charge in [-0.1, -0.05) is 6.58 Å². The first kappa shape index (κ1) is 17.4. The van der Waals surface area contributed by atoms with E-state index < -0.39 is 29.7 Å². The lowest BCUT2D eigenvalue weighted by atomic mass is 9.85. The van der Waals surface area contributed by atoms with Crippen LogP contribution in [0.25, 0.3) is 0 Å². The molecule has 0 radical (unpaired) electrons. The van der Waals surface area contributed by atoms with Crippen LogP contribution in [0.5, 0.6) is 0 Å². The number of hydrogen-bond donors (Lipinski definition) is 0. The quantitative estimate of drug-likeness (QED) is 0.335. The van der Waals surface area contributed by atoms with Crippen LogP contribution in [0.1, 0.15) is 26.2 Å². The number of esters is 3. The number of hydrogen-bond acceptors (Lipinski definition) is 7. The van der Waals surface area contributed by atoms with E-state index in [1.807, 2.05) is 0 Å². The van der Waals surface area contributed by atoms with E-state index in [1.54, 1.807) is 6.07 Å². The topological polar surface area (TPSA) is 103 Å². The van der Waals surface area contributed by atoms with Crippen molar-refractivity contribution in [1.82, 2.24) is 0 Å². The van der Waals surface area contributed by atoms with Crippen molar-refractivity contribution in [2.75, 3.05) is 14.2 Å². The van der Waals surface area contributed by atoms with Crippen LogP contribution in [0.3, 0.4) is 0 Å². The van der Waals surface area contributed by atoms with Crippen LogP contribution in [0.2, 0.25) is 0 Å². The predicted octanol–water partition coefficient (Wildman–Crippen LogP) is 1.40. The molecular formula is C15H17NO6. The van der Waals surface area contributed by atoms with E-state index in [0.717, 1.165) is 0 Å². The van der Waals surface area contributed by atoms with Crippen LogP contribution in [-0.2, 0) is 28.6 Å². The van der Waals surface area contributed by atoms with Crippen LogP contribution >= 0.6 is 0 Å². The molecule has 0 bridgehead atoms. The number of carbonyl (C=O) groups excluding carboxylic acids is 3. The summed E-state index contributed by atoms with van der Waals surface area (Å²) in [6.07, 6.45) is -0.401. The zero-order valence-electron chi connectivity index (χ0n) is 12.7. The summed E-state index contributed by atoms with van der Waals surface area (Å²) in [4.78, 5) is 35.4. The number of rotatable bonds is 4. The van der Waals surface area contributed by atoms with Crippen molar-refractivity contribution < 1.29 is 28.6 Å². The predicted molar refractivity (Wildman–Crippen MR) is 73.9 cm³/mol. The summed E-state index contributed by atoms with van der Waals surface area (Å²) in [5, 5.41) is 8.45. The third-order valence-corrected chi connectivity index (χ3v) is 3.49. The smallest absolute Gasteiger partial charge is 0.325 e. The van der Waals surface area contributed by atoms with Gasteiger partial charge in [0.05, 0.1) is 20.3 Å². The molecule has 0 aromatic rings. The standard InChI is InChI=1S/C15H17NO6/c1-9-7-15(13(18)20-3,14(19)21-4)8-11(9)10(2)22-12(17)5-6-16/h1,5,7-8H2,2-4H3/b11-10+. The molecule has 1 aliphatic carbocycles. The van der Waals surface area contributed by atoms with Crippen LogP contribution in [0, 0.1) is 16.7 Å². The van der Waals surface area contributed by atoms with Crippen molar-refractivity contribution in [2.24, 2.45) is 5.41 Å². The maximum absolute atomic E-state index is 12.0. The molecule has 0 amide bonds. The third-order valence-electron chi connectivity index (χ3n) is 3.49. The Balaban J connectivity index is 3.15. The lowest BCUT2D eigenvalue weighted by Gasteiger charge is -2.21. The lowest BCUT2D eigenvalue weighted by Crippen LogP contribution is -2.38. The highest BCUT2D eigenvalue weighted by atomic mass is 16.5. The molecule has 1 fully saturated rings.